The van der Waals surface area contributed by atoms with Gasteiger partial charge in [-0.25, -0.2) is 0 Å². The van der Waals surface area contributed by atoms with Crippen molar-refractivity contribution in [3.05, 3.63) is 54.1 Å². The topological polar surface area (TPSA) is 47.6 Å². The molecule has 4 nitrogen and oxygen atoms in total. The Balaban J connectivity index is 2.09. The summed E-state index contributed by atoms with van der Waals surface area (Å²) in [6.45, 7) is 3.91. The van der Waals surface area contributed by atoms with Crippen LogP contribution in [0.25, 0.3) is 0 Å². The number of rotatable bonds is 6. The van der Waals surface area contributed by atoms with Crippen LogP contribution in [0.5, 0.6) is 11.5 Å². The van der Waals surface area contributed by atoms with Crippen LogP contribution in [0.4, 0.5) is 5.69 Å². The minimum Gasteiger partial charge on any atom is -0.495 e. The number of carbonyl (C=O) groups is 1. The second kappa shape index (κ2) is 7.50. The van der Waals surface area contributed by atoms with E-state index in [1.165, 1.54) is 0 Å². The Labute approximate surface area is 131 Å². The summed E-state index contributed by atoms with van der Waals surface area (Å²) < 4.78 is 11.0. The lowest BCUT2D eigenvalue weighted by atomic mass is 10.2. The first-order valence-corrected chi connectivity index (χ1v) is 7.31. The molecule has 0 unspecified atom stereocenters. The summed E-state index contributed by atoms with van der Waals surface area (Å²) in [5.74, 6) is 1.14. The Kier molecular flexibility index (Phi) is 5.42. The maximum atomic E-state index is 12.4. The first kappa shape index (κ1) is 15.9. The summed E-state index contributed by atoms with van der Waals surface area (Å²) in [6.07, 6.45) is 0.0290. The zero-order valence-electron chi connectivity index (χ0n) is 13.1. The molecule has 116 valence electrons. The summed E-state index contributed by atoms with van der Waals surface area (Å²) in [5.41, 5.74) is 1.73. The van der Waals surface area contributed by atoms with E-state index < -0.39 is 6.10 Å². The Hall–Kier alpha value is -2.49. The number of methoxy groups -OCH3 is 1. The van der Waals surface area contributed by atoms with Gasteiger partial charge in [-0.3, -0.25) is 4.79 Å². The van der Waals surface area contributed by atoms with E-state index >= 15 is 0 Å². The highest BCUT2D eigenvalue weighted by Crippen LogP contribution is 2.24. The molecule has 0 aliphatic heterocycles. The predicted molar refractivity (Wildman–Crippen MR) is 87.5 cm³/mol. The number of anilines is 1. The van der Waals surface area contributed by atoms with Crippen molar-refractivity contribution in [3.63, 3.8) is 0 Å². The SMILES string of the molecule is CC[C@H](Oc1cccc(C)c1)C(=O)Nc1ccccc1OC. The molecule has 0 fully saturated rings. The van der Waals surface area contributed by atoms with Gasteiger partial charge >= 0.3 is 0 Å². The molecule has 1 atom stereocenters. The van der Waals surface area contributed by atoms with Crippen LogP contribution in [0.1, 0.15) is 18.9 Å². The van der Waals surface area contributed by atoms with Crippen molar-refractivity contribution >= 4 is 11.6 Å². The Morgan fingerprint density at radius 1 is 1.18 bits per heavy atom. The van der Waals surface area contributed by atoms with Gasteiger partial charge in [-0.2, -0.15) is 0 Å². The molecule has 1 amide bonds. The molecule has 0 aliphatic carbocycles. The molecule has 0 saturated carbocycles. The summed E-state index contributed by atoms with van der Waals surface area (Å²) in [6, 6.07) is 15.0. The number of para-hydroxylation sites is 2. The molecule has 4 heteroatoms. The molecule has 0 heterocycles. The Morgan fingerprint density at radius 3 is 2.64 bits per heavy atom. The van der Waals surface area contributed by atoms with Crippen LogP contribution in [0.2, 0.25) is 0 Å². The second-order valence-corrected chi connectivity index (χ2v) is 5.02. The largest absolute Gasteiger partial charge is 0.495 e. The highest BCUT2D eigenvalue weighted by atomic mass is 16.5. The van der Waals surface area contributed by atoms with Gasteiger partial charge in [-0.05, 0) is 43.2 Å². The second-order valence-electron chi connectivity index (χ2n) is 5.02. The molecule has 0 aliphatic rings. The van der Waals surface area contributed by atoms with Gasteiger partial charge in [0, 0.05) is 0 Å². The van der Waals surface area contributed by atoms with E-state index in [2.05, 4.69) is 5.32 Å². The van der Waals surface area contributed by atoms with Crippen LogP contribution in [0.3, 0.4) is 0 Å². The Bertz CT molecular complexity index is 640. The smallest absolute Gasteiger partial charge is 0.265 e. The number of benzene rings is 2. The average molecular weight is 299 g/mol. The molecule has 0 radical (unpaired) electrons. The van der Waals surface area contributed by atoms with Gasteiger partial charge < -0.3 is 14.8 Å². The zero-order valence-corrected chi connectivity index (χ0v) is 13.1. The standard InChI is InChI=1S/C18H21NO3/c1-4-16(22-14-9-7-8-13(2)12-14)18(20)19-15-10-5-6-11-17(15)21-3/h5-12,16H,4H2,1-3H3,(H,19,20)/t16-/m0/s1. The fourth-order valence-corrected chi connectivity index (χ4v) is 2.14. The van der Waals surface area contributed by atoms with E-state index in [1.807, 2.05) is 50.2 Å². The van der Waals surface area contributed by atoms with Crippen molar-refractivity contribution in [3.8, 4) is 11.5 Å². The lowest BCUT2D eigenvalue weighted by Gasteiger charge is -2.18. The third kappa shape index (κ3) is 4.01. The fraction of sp³-hybridized carbons (Fsp3) is 0.278. The van der Waals surface area contributed by atoms with Crippen molar-refractivity contribution in [2.45, 2.75) is 26.4 Å². The summed E-state index contributed by atoms with van der Waals surface area (Å²) in [4.78, 5) is 12.4. The van der Waals surface area contributed by atoms with Crippen LogP contribution in [0.15, 0.2) is 48.5 Å². The lowest BCUT2D eigenvalue weighted by Crippen LogP contribution is -2.32. The van der Waals surface area contributed by atoms with Crippen LogP contribution >= 0.6 is 0 Å². The van der Waals surface area contributed by atoms with Crippen LogP contribution < -0.4 is 14.8 Å². The van der Waals surface area contributed by atoms with Gasteiger partial charge in [0.25, 0.3) is 5.91 Å². The number of carbonyl (C=O) groups excluding carboxylic acids is 1. The Morgan fingerprint density at radius 2 is 1.95 bits per heavy atom. The number of hydrogen-bond acceptors (Lipinski definition) is 3. The molecule has 1 N–H and O–H groups in total. The van der Waals surface area contributed by atoms with E-state index in [-0.39, 0.29) is 5.91 Å². The van der Waals surface area contributed by atoms with Crippen molar-refractivity contribution in [2.24, 2.45) is 0 Å². The molecular formula is C18H21NO3. The van der Waals surface area contributed by atoms with Gasteiger partial charge in [-0.1, -0.05) is 31.2 Å². The molecular weight excluding hydrogens is 278 g/mol. The van der Waals surface area contributed by atoms with Crippen LogP contribution in [-0.4, -0.2) is 19.1 Å². The normalized spacial score (nSPS) is 11.6. The number of amides is 1. The zero-order chi connectivity index (χ0) is 15.9. The van der Waals surface area contributed by atoms with E-state index in [9.17, 15) is 4.79 Å². The first-order valence-electron chi connectivity index (χ1n) is 7.31. The third-order valence-corrected chi connectivity index (χ3v) is 3.30. The van der Waals surface area contributed by atoms with Gasteiger partial charge in [0.2, 0.25) is 0 Å². The highest BCUT2D eigenvalue weighted by Gasteiger charge is 2.19. The number of aryl methyl sites for hydroxylation is 1. The summed E-state index contributed by atoms with van der Waals surface area (Å²) in [5, 5.41) is 2.86. The first-order chi connectivity index (χ1) is 10.6. The van der Waals surface area contributed by atoms with Gasteiger partial charge in [-0.15, -0.1) is 0 Å². The van der Waals surface area contributed by atoms with E-state index in [4.69, 9.17) is 9.47 Å². The van der Waals surface area contributed by atoms with Gasteiger partial charge in [0.05, 0.1) is 12.8 Å². The predicted octanol–water partition coefficient (Wildman–Crippen LogP) is 3.80. The minimum absolute atomic E-state index is 0.187. The van der Waals surface area contributed by atoms with Gasteiger partial charge in [0.1, 0.15) is 11.5 Å². The van der Waals surface area contributed by atoms with E-state index in [1.54, 1.807) is 19.2 Å². The molecule has 0 saturated heterocycles. The molecule has 2 aromatic rings. The summed E-state index contributed by atoms with van der Waals surface area (Å²) >= 11 is 0. The maximum Gasteiger partial charge on any atom is 0.265 e. The monoisotopic (exact) mass is 299 g/mol. The van der Waals surface area contributed by atoms with Crippen LogP contribution in [-0.2, 0) is 4.79 Å². The number of hydrogen-bond donors (Lipinski definition) is 1. The molecule has 2 rings (SSSR count). The fourth-order valence-electron chi connectivity index (χ4n) is 2.14. The molecule has 2 aromatic carbocycles. The van der Waals surface area contributed by atoms with Gasteiger partial charge in [0.15, 0.2) is 6.10 Å². The maximum absolute atomic E-state index is 12.4. The third-order valence-electron chi connectivity index (χ3n) is 3.30. The quantitative estimate of drug-likeness (QED) is 0.882. The van der Waals surface area contributed by atoms with Crippen LogP contribution in [0, 0.1) is 6.92 Å². The van der Waals surface area contributed by atoms with Crippen molar-refractivity contribution in [1.82, 2.24) is 0 Å². The van der Waals surface area contributed by atoms with E-state index in [0.717, 1.165) is 5.56 Å². The number of ether oxygens (including phenoxy) is 2. The number of nitrogens with one attached hydrogen (secondary N) is 1. The van der Waals surface area contributed by atoms with Crippen molar-refractivity contribution in [1.29, 1.82) is 0 Å². The average Bonchev–Trinajstić information content (AvgIpc) is 2.53. The molecule has 0 spiro atoms. The van der Waals surface area contributed by atoms with Crippen molar-refractivity contribution in [2.75, 3.05) is 12.4 Å². The molecule has 0 aromatic heterocycles. The lowest BCUT2D eigenvalue weighted by molar-refractivity contribution is -0.122. The van der Waals surface area contributed by atoms with E-state index in [0.29, 0.717) is 23.6 Å². The minimum atomic E-state index is -0.549. The summed E-state index contributed by atoms with van der Waals surface area (Å²) in [7, 11) is 1.57. The molecule has 22 heavy (non-hydrogen) atoms. The highest BCUT2D eigenvalue weighted by molar-refractivity contribution is 5.95. The molecule has 0 bridgehead atoms. The van der Waals surface area contributed by atoms with Crippen molar-refractivity contribution < 1.29 is 14.3 Å².